The molecule has 0 aliphatic carbocycles. The fraction of sp³-hybridized carbons (Fsp3) is 0.263. The Hall–Kier alpha value is -2.94. The highest BCUT2D eigenvalue weighted by molar-refractivity contribution is 7.92. The van der Waals surface area contributed by atoms with Crippen LogP contribution in [0.25, 0.3) is 0 Å². The van der Waals surface area contributed by atoms with Crippen LogP contribution in [0.2, 0.25) is 0 Å². The molecule has 0 aliphatic rings. The minimum absolute atomic E-state index is 0.00902. The van der Waals surface area contributed by atoms with Crippen LogP contribution in [-0.2, 0) is 19.6 Å². The van der Waals surface area contributed by atoms with Crippen molar-refractivity contribution in [2.24, 2.45) is 0 Å². The third kappa shape index (κ3) is 4.86. The summed E-state index contributed by atoms with van der Waals surface area (Å²) < 4.78 is 46.0. The van der Waals surface area contributed by atoms with Crippen molar-refractivity contribution in [3.05, 3.63) is 59.4 Å². The molecular formula is C19H21FN2O5S. The number of ether oxygens (including phenoxy) is 1. The summed E-state index contributed by atoms with van der Waals surface area (Å²) in [6, 6.07) is 9.28. The number of hydrogen-bond acceptors (Lipinski definition) is 5. The number of nitrogens with zero attached hydrogens (tertiary/aromatic N) is 1. The number of hydrogen-bond donors (Lipinski definition) is 1. The minimum Gasteiger partial charge on any atom is -0.449 e. The van der Waals surface area contributed by atoms with Gasteiger partial charge in [-0.25, -0.2) is 17.6 Å². The molecule has 1 amide bonds. The highest BCUT2D eigenvalue weighted by atomic mass is 32.2. The first-order valence-electron chi connectivity index (χ1n) is 8.33. The van der Waals surface area contributed by atoms with Crippen LogP contribution in [0.15, 0.2) is 47.4 Å². The van der Waals surface area contributed by atoms with Crippen molar-refractivity contribution in [2.45, 2.75) is 24.8 Å². The molecule has 150 valence electrons. The summed E-state index contributed by atoms with van der Waals surface area (Å²) in [6.45, 7) is 2.84. The number of sulfonamides is 1. The number of nitrogens with one attached hydrogen (secondary N) is 1. The van der Waals surface area contributed by atoms with Crippen LogP contribution < -0.4 is 4.72 Å². The number of anilines is 1. The van der Waals surface area contributed by atoms with Gasteiger partial charge in [-0.1, -0.05) is 6.07 Å². The Kier molecular flexibility index (Phi) is 6.40. The standard InChI is InChI=1S/C19H21FN2O5S/c1-12-16(20)6-5-7-17(12)28(25,26)21-15-10-8-14(9-11-15)19(24)27-13(2)18(23)22(3)4/h5-11,13,21H,1-4H3/t13-/m0/s1. The van der Waals surface area contributed by atoms with Crippen molar-refractivity contribution in [3.8, 4) is 0 Å². The molecule has 0 unspecified atom stereocenters. The summed E-state index contributed by atoms with van der Waals surface area (Å²) in [5.74, 6) is -1.69. The van der Waals surface area contributed by atoms with E-state index in [2.05, 4.69) is 4.72 Å². The van der Waals surface area contributed by atoms with E-state index in [1.54, 1.807) is 14.1 Å². The van der Waals surface area contributed by atoms with Crippen LogP contribution in [0.5, 0.6) is 0 Å². The number of halogens is 1. The van der Waals surface area contributed by atoms with E-state index in [1.165, 1.54) is 61.2 Å². The van der Waals surface area contributed by atoms with Crippen molar-refractivity contribution >= 4 is 27.6 Å². The summed E-state index contributed by atoms with van der Waals surface area (Å²) in [6.07, 6.45) is -0.948. The lowest BCUT2D eigenvalue weighted by Gasteiger charge is -2.17. The molecule has 7 nitrogen and oxygen atoms in total. The lowest BCUT2D eigenvalue weighted by molar-refractivity contribution is -0.137. The Labute approximate surface area is 163 Å². The molecule has 2 rings (SSSR count). The van der Waals surface area contributed by atoms with Gasteiger partial charge in [-0.05, 0) is 50.2 Å². The topological polar surface area (TPSA) is 92.8 Å². The van der Waals surface area contributed by atoms with Crippen molar-refractivity contribution in [3.63, 3.8) is 0 Å². The van der Waals surface area contributed by atoms with Crippen LogP contribution in [0.1, 0.15) is 22.8 Å². The molecule has 9 heteroatoms. The van der Waals surface area contributed by atoms with Gasteiger partial charge in [-0.2, -0.15) is 0 Å². The summed E-state index contributed by atoms with van der Waals surface area (Å²) in [4.78, 5) is 25.0. The van der Waals surface area contributed by atoms with E-state index in [0.29, 0.717) is 0 Å². The normalized spacial score (nSPS) is 12.2. The Bertz CT molecular complexity index is 988. The molecule has 0 fully saturated rings. The molecule has 2 aromatic carbocycles. The molecule has 0 aromatic heterocycles. The molecule has 1 N–H and O–H groups in total. The SMILES string of the molecule is Cc1c(F)cccc1S(=O)(=O)Nc1ccc(C(=O)O[C@@H](C)C(=O)N(C)C)cc1. The predicted octanol–water partition coefficient (Wildman–Crippen LogP) is 2.57. The zero-order valence-corrected chi connectivity index (χ0v) is 16.7. The van der Waals surface area contributed by atoms with Crippen molar-refractivity contribution in [2.75, 3.05) is 18.8 Å². The zero-order chi connectivity index (χ0) is 21.1. The molecule has 0 saturated carbocycles. The first-order valence-corrected chi connectivity index (χ1v) is 9.81. The average Bonchev–Trinajstić information content (AvgIpc) is 2.63. The molecule has 0 spiro atoms. The molecule has 2 aromatic rings. The van der Waals surface area contributed by atoms with E-state index in [4.69, 9.17) is 4.74 Å². The average molecular weight is 408 g/mol. The molecule has 28 heavy (non-hydrogen) atoms. The number of carbonyl (C=O) groups excluding carboxylic acids is 2. The van der Waals surface area contributed by atoms with E-state index in [0.717, 1.165) is 0 Å². The first kappa shape index (κ1) is 21.4. The van der Waals surface area contributed by atoms with Crippen LogP contribution in [-0.4, -0.2) is 45.4 Å². The third-order valence-electron chi connectivity index (χ3n) is 3.95. The Balaban J connectivity index is 2.13. The van der Waals surface area contributed by atoms with Gasteiger partial charge < -0.3 is 9.64 Å². The third-order valence-corrected chi connectivity index (χ3v) is 5.48. The maximum absolute atomic E-state index is 13.6. The van der Waals surface area contributed by atoms with Gasteiger partial charge in [0.25, 0.3) is 15.9 Å². The number of amides is 1. The Morgan fingerprint density at radius 3 is 2.29 bits per heavy atom. The van der Waals surface area contributed by atoms with Crippen LogP contribution in [0.3, 0.4) is 0 Å². The van der Waals surface area contributed by atoms with E-state index >= 15 is 0 Å². The fourth-order valence-electron chi connectivity index (χ4n) is 2.41. The second kappa shape index (κ2) is 8.39. The number of rotatable bonds is 6. The monoisotopic (exact) mass is 408 g/mol. The van der Waals surface area contributed by atoms with Gasteiger partial charge in [0.05, 0.1) is 10.5 Å². The van der Waals surface area contributed by atoms with Gasteiger partial charge >= 0.3 is 5.97 Å². The van der Waals surface area contributed by atoms with Crippen LogP contribution >= 0.6 is 0 Å². The maximum Gasteiger partial charge on any atom is 0.338 e. The lowest BCUT2D eigenvalue weighted by Crippen LogP contribution is -2.34. The van der Waals surface area contributed by atoms with Gasteiger partial charge in [0.1, 0.15) is 5.82 Å². The Morgan fingerprint density at radius 2 is 1.71 bits per heavy atom. The van der Waals surface area contributed by atoms with Gasteiger partial charge in [-0.3, -0.25) is 9.52 Å². The fourth-order valence-corrected chi connectivity index (χ4v) is 3.72. The maximum atomic E-state index is 13.6. The van der Waals surface area contributed by atoms with E-state index in [-0.39, 0.29) is 27.6 Å². The van der Waals surface area contributed by atoms with E-state index < -0.39 is 27.9 Å². The Morgan fingerprint density at radius 1 is 1.11 bits per heavy atom. The summed E-state index contributed by atoms with van der Waals surface area (Å²) in [5, 5.41) is 0. The van der Waals surface area contributed by atoms with E-state index in [1.807, 2.05) is 0 Å². The quantitative estimate of drug-likeness (QED) is 0.742. The number of esters is 1. The second-order valence-corrected chi connectivity index (χ2v) is 7.98. The molecule has 1 atom stereocenters. The molecular weight excluding hydrogens is 387 g/mol. The molecule has 0 saturated heterocycles. The summed E-state index contributed by atoms with van der Waals surface area (Å²) in [7, 11) is -0.897. The second-order valence-electron chi connectivity index (χ2n) is 6.33. The largest absolute Gasteiger partial charge is 0.449 e. The predicted molar refractivity (Wildman–Crippen MR) is 102 cm³/mol. The van der Waals surface area contributed by atoms with Gasteiger partial charge in [0, 0.05) is 25.3 Å². The first-order chi connectivity index (χ1) is 13.0. The molecule has 0 aliphatic heterocycles. The van der Waals surface area contributed by atoms with Crippen LogP contribution in [0, 0.1) is 12.7 Å². The minimum atomic E-state index is -4.00. The molecule has 0 radical (unpaired) electrons. The molecule has 0 bridgehead atoms. The number of likely N-dealkylation sites (N-methyl/N-ethyl adjacent to an activating group) is 1. The van der Waals surface area contributed by atoms with Crippen molar-refractivity contribution in [1.29, 1.82) is 0 Å². The van der Waals surface area contributed by atoms with Gasteiger partial charge in [-0.15, -0.1) is 0 Å². The number of benzene rings is 2. The van der Waals surface area contributed by atoms with Gasteiger partial charge in [0.2, 0.25) is 0 Å². The van der Waals surface area contributed by atoms with Crippen LogP contribution in [0.4, 0.5) is 10.1 Å². The zero-order valence-electron chi connectivity index (χ0n) is 15.9. The van der Waals surface area contributed by atoms with Gasteiger partial charge in [0.15, 0.2) is 6.10 Å². The van der Waals surface area contributed by atoms with E-state index in [9.17, 15) is 22.4 Å². The number of carbonyl (C=O) groups is 2. The summed E-state index contributed by atoms with van der Waals surface area (Å²) >= 11 is 0. The van der Waals surface area contributed by atoms with Crippen molar-refractivity contribution in [1.82, 2.24) is 4.90 Å². The lowest BCUT2D eigenvalue weighted by atomic mass is 10.2. The smallest absolute Gasteiger partial charge is 0.338 e. The highest BCUT2D eigenvalue weighted by Gasteiger charge is 2.21. The van der Waals surface area contributed by atoms with Crippen molar-refractivity contribution < 1.29 is 27.1 Å². The summed E-state index contributed by atoms with van der Waals surface area (Å²) in [5.41, 5.74) is 0.357. The highest BCUT2D eigenvalue weighted by Crippen LogP contribution is 2.21. The molecule has 0 heterocycles.